The van der Waals surface area contributed by atoms with E-state index in [1.54, 1.807) is 7.11 Å². The van der Waals surface area contributed by atoms with Crippen LogP contribution in [-0.2, 0) is 9.53 Å². The molecule has 0 aromatic rings. The predicted molar refractivity (Wildman–Crippen MR) is 80.4 cm³/mol. The zero-order chi connectivity index (χ0) is 14.9. The number of methoxy groups -OCH3 is 1. The van der Waals surface area contributed by atoms with Gasteiger partial charge in [-0.25, -0.2) is 0 Å². The van der Waals surface area contributed by atoms with Gasteiger partial charge in [-0.3, -0.25) is 15.0 Å². The fourth-order valence-electron chi connectivity index (χ4n) is 3.80. The maximum absolute atomic E-state index is 11.9. The molecule has 5 nitrogen and oxygen atoms in total. The molecule has 0 saturated heterocycles. The molecule has 2 unspecified atom stereocenters. The summed E-state index contributed by atoms with van der Waals surface area (Å²) in [6.45, 7) is 1.67. The second-order valence-electron chi connectivity index (χ2n) is 7.02. The van der Waals surface area contributed by atoms with Crippen molar-refractivity contribution in [1.82, 2.24) is 10.2 Å². The normalized spacial score (nSPS) is 33.3. The van der Waals surface area contributed by atoms with E-state index in [0.29, 0.717) is 18.1 Å². The van der Waals surface area contributed by atoms with E-state index in [2.05, 4.69) is 10.2 Å². The van der Waals surface area contributed by atoms with Crippen LogP contribution >= 0.6 is 0 Å². The number of aliphatic carboxylic acids is 1. The molecule has 0 amide bonds. The summed E-state index contributed by atoms with van der Waals surface area (Å²) >= 11 is 0. The van der Waals surface area contributed by atoms with Crippen molar-refractivity contribution in [2.45, 2.75) is 75.0 Å². The number of rotatable bonds is 8. The van der Waals surface area contributed by atoms with Gasteiger partial charge >= 0.3 is 5.97 Å². The molecule has 2 N–H and O–H groups in total. The van der Waals surface area contributed by atoms with Gasteiger partial charge in [-0.05, 0) is 51.4 Å². The number of hydrogen-bond acceptors (Lipinski definition) is 4. The first kappa shape index (κ1) is 15.3. The van der Waals surface area contributed by atoms with Crippen LogP contribution in [0, 0.1) is 0 Å². The minimum atomic E-state index is -0.690. The van der Waals surface area contributed by atoms with Gasteiger partial charge < -0.3 is 9.84 Å². The fraction of sp³-hybridized carbons (Fsp3) is 0.938. The zero-order valence-electron chi connectivity index (χ0n) is 13.0. The van der Waals surface area contributed by atoms with Crippen LogP contribution < -0.4 is 5.32 Å². The molecular weight excluding hydrogens is 268 g/mol. The minimum absolute atomic E-state index is 0.392. The van der Waals surface area contributed by atoms with Crippen molar-refractivity contribution in [1.29, 1.82) is 0 Å². The monoisotopic (exact) mass is 296 g/mol. The number of hydrogen-bond donors (Lipinski definition) is 2. The van der Waals surface area contributed by atoms with Crippen molar-refractivity contribution in [3.8, 4) is 0 Å². The van der Waals surface area contributed by atoms with E-state index in [4.69, 9.17) is 4.74 Å². The number of ether oxygens (including phenoxy) is 1. The molecule has 0 bridgehead atoms. The van der Waals surface area contributed by atoms with Gasteiger partial charge in [0.2, 0.25) is 0 Å². The average molecular weight is 296 g/mol. The molecule has 2 atom stereocenters. The van der Waals surface area contributed by atoms with Crippen molar-refractivity contribution in [3.05, 3.63) is 0 Å². The zero-order valence-corrected chi connectivity index (χ0v) is 13.0. The van der Waals surface area contributed by atoms with Gasteiger partial charge in [0.05, 0.1) is 6.61 Å². The summed E-state index contributed by atoms with van der Waals surface area (Å²) in [7, 11) is 1.74. The average Bonchev–Trinajstić information content (AvgIpc) is 3.34. The topological polar surface area (TPSA) is 61.8 Å². The minimum Gasteiger partial charge on any atom is -0.480 e. The summed E-state index contributed by atoms with van der Waals surface area (Å²) in [5.74, 6) is -0.651. The molecule has 3 aliphatic rings. The summed E-state index contributed by atoms with van der Waals surface area (Å²) in [5, 5.41) is 13.2. The highest BCUT2D eigenvalue weighted by Crippen LogP contribution is 2.38. The van der Waals surface area contributed by atoms with Crippen molar-refractivity contribution >= 4 is 5.97 Å². The van der Waals surface area contributed by atoms with Gasteiger partial charge in [-0.1, -0.05) is 0 Å². The van der Waals surface area contributed by atoms with Gasteiger partial charge in [0.15, 0.2) is 0 Å². The summed E-state index contributed by atoms with van der Waals surface area (Å²) in [4.78, 5) is 14.4. The highest BCUT2D eigenvalue weighted by molar-refractivity contribution is 5.79. The van der Waals surface area contributed by atoms with E-state index < -0.39 is 11.5 Å². The first-order chi connectivity index (χ1) is 10.1. The molecule has 5 heteroatoms. The highest BCUT2D eigenvalue weighted by Gasteiger charge is 2.48. The Morgan fingerprint density at radius 2 is 2.05 bits per heavy atom. The Hall–Kier alpha value is -0.650. The standard InChI is InChI=1S/C16H28N2O3/c1-21-10-9-18(13-6-7-13)14-3-2-8-16(11-14,15(19)20)17-12-4-5-12/h12-14,17H,2-11H2,1H3,(H,19,20). The van der Waals surface area contributed by atoms with Crippen LogP contribution in [0.4, 0.5) is 0 Å². The van der Waals surface area contributed by atoms with E-state index in [1.807, 2.05) is 0 Å². The molecule has 3 fully saturated rings. The Morgan fingerprint density at radius 1 is 1.29 bits per heavy atom. The van der Waals surface area contributed by atoms with Gasteiger partial charge in [0, 0.05) is 31.8 Å². The van der Waals surface area contributed by atoms with Crippen LogP contribution in [0.25, 0.3) is 0 Å². The van der Waals surface area contributed by atoms with Crippen LogP contribution in [0.5, 0.6) is 0 Å². The van der Waals surface area contributed by atoms with Crippen molar-refractivity contribution in [2.75, 3.05) is 20.3 Å². The largest absolute Gasteiger partial charge is 0.480 e. The molecule has 0 aliphatic heterocycles. The molecular formula is C16H28N2O3. The highest BCUT2D eigenvalue weighted by atomic mass is 16.5. The second kappa shape index (κ2) is 6.23. The smallest absolute Gasteiger partial charge is 0.323 e. The van der Waals surface area contributed by atoms with E-state index >= 15 is 0 Å². The van der Waals surface area contributed by atoms with E-state index in [-0.39, 0.29) is 0 Å². The van der Waals surface area contributed by atoms with Gasteiger partial charge in [0.1, 0.15) is 5.54 Å². The molecule has 0 spiro atoms. The number of carbonyl (C=O) groups is 1. The molecule has 3 rings (SSSR count). The lowest BCUT2D eigenvalue weighted by Crippen LogP contribution is -2.59. The van der Waals surface area contributed by atoms with Gasteiger partial charge in [-0.2, -0.15) is 0 Å². The molecule has 3 aliphatic carbocycles. The summed E-state index contributed by atoms with van der Waals surface area (Å²) in [5.41, 5.74) is -0.690. The van der Waals surface area contributed by atoms with Gasteiger partial charge in [0.25, 0.3) is 0 Å². The molecule has 0 aromatic carbocycles. The predicted octanol–water partition coefficient (Wildman–Crippen LogP) is 1.62. The first-order valence-electron chi connectivity index (χ1n) is 8.40. The second-order valence-corrected chi connectivity index (χ2v) is 7.02. The lowest BCUT2D eigenvalue weighted by Gasteiger charge is -2.43. The Morgan fingerprint density at radius 3 is 2.62 bits per heavy atom. The van der Waals surface area contributed by atoms with Crippen molar-refractivity contribution < 1.29 is 14.6 Å². The van der Waals surface area contributed by atoms with Crippen LogP contribution in [-0.4, -0.2) is 59.9 Å². The third kappa shape index (κ3) is 3.58. The van der Waals surface area contributed by atoms with Gasteiger partial charge in [-0.15, -0.1) is 0 Å². The Labute approximate surface area is 127 Å². The molecule has 21 heavy (non-hydrogen) atoms. The maximum atomic E-state index is 11.9. The van der Waals surface area contributed by atoms with Crippen molar-refractivity contribution in [2.24, 2.45) is 0 Å². The van der Waals surface area contributed by atoms with Crippen LogP contribution in [0.1, 0.15) is 51.4 Å². The fourth-order valence-corrected chi connectivity index (χ4v) is 3.80. The Kier molecular flexibility index (Phi) is 4.52. The third-order valence-corrected chi connectivity index (χ3v) is 5.23. The number of carboxylic acid groups (broad SMARTS) is 1. The maximum Gasteiger partial charge on any atom is 0.323 e. The third-order valence-electron chi connectivity index (χ3n) is 5.23. The van der Waals surface area contributed by atoms with Crippen LogP contribution in [0.15, 0.2) is 0 Å². The van der Waals surface area contributed by atoms with Crippen LogP contribution in [0.3, 0.4) is 0 Å². The molecule has 120 valence electrons. The number of nitrogens with zero attached hydrogens (tertiary/aromatic N) is 1. The lowest BCUT2D eigenvalue weighted by atomic mass is 9.78. The SMILES string of the molecule is COCCN(C1CC1)C1CCCC(NC2CC2)(C(=O)O)C1. The van der Waals surface area contributed by atoms with Crippen molar-refractivity contribution in [3.63, 3.8) is 0 Å². The number of nitrogens with one attached hydrogen (secondary N) is 1. The Balaban J connectivity index is 1.68. The quantitative estimate of drug-likeness (QED) is 0.712. The van der Waals surface area contributed by atoms with E-state index in [0.717, 1.165) is 51.7 Å². The molecule has 0 heterocycles. The lowest BCUT2D eigenvalue weighted by molar-refractivity contribution is -0.147. The van der Waals surface area contributed by atoms with Crippen LogP contribution in [0.2, 0.25) is 0 Å². The first-order valence-corrected chi connectivity index (χ1v) is 8.40. The number of carboxylic acids is 1. The summed E-state index contributed by atoms with van der Waals surface area (Å²) in [6, 6.07) is 1.49. The Bertz CT molecular complexity index is 382. The molecule has 0 radical (unpaired) electrons. The van der Waals surface area contributed by atoms with E-state index in [9.17, 15) is 9.90 Å². The summed E-state index contributed by atoms with van der Waals surface area (Å²) in [6.07, 6.45) is 8.45. The summed E-state index contributed by atoms with van der Waals surface area (Å²) < 4.78 is 5.24. The molecule has 3 saturated carbocycles. The van der Waals surface area contributed by atoms with E-state index in [1.165, 1.54) is 12.8 Å². The molecule has 0 aromatic heterocycles.